The van der Waals surface area contributed by atoms with Gasteiger partial charge in [0.15, 0.2) is 0 Å². The summed E-state index contributed by atoms with van der Waals surface area (Å²) in [6.45, 7) is 0. The number of hydrogen-bond donors (Lipinski definition) is 1. The van der Waals surface area contributed by atoms with Crippen LogP contribution in [0.4, 0.5) is 4.39 Å². The predicted octanol–water partition coefficient (Wildman–Crippen LogP) is 3.03. The van der Waals surface area contributed by atoms with Gasteiger partial charge in [0, 0.05) is 10.7 Å². The molecule has 16 heavy (non-hydrogen) atoms. The summed E-state index contributed by atoms with van der Waals surface area (Å²) in [6, 6.07) is 8.67. The maximum atomic E-state index is 13.0. The molecule has 0 aliphatic heterocycles. The molecule has 82 valence electrons. The molecule has 2 aromatic rings. The van der Waals surface area contributed by atoms with Crippen LogP contribution in [0.3, 0.4) is 0 Å². The zero-order valence-corrected chi connectivity index (χ0v) is 9.99. The van der Waals surface area contributed by atoms with E-state index < -0.39 is 0 Å². The molecular weight excluding hydrogens is 271 g/mol. The minimum atomic E-state index is -0.372. The van der Waals surface area contributed by atoms with Gasteiger partial charge in [-0.3, -0.25) is 4.98 Å². The molecule has 1 atom stereocenters. The topological polar surface area (TPSA) is 38.9 Å². The summed E-state index contributed by atoms with van der Waals surface area (Å²) in [4.78, 5) is 3.79. The Labute approximate surface area is 101 Å². The molecule has 0 bridgehead atoms. The molecule has 2 nitrogen and oxygen atoms in total. The first-order valence-electron chi connectivity index (χ1n) is 4.78. The van der Waals surface area contributed by atoms with Crippen LogP contribution in [0.1, 0.15) is 17.2 Å². The third kappa shape index (κ3) is 2.46. The zero-order valence-electron chi connectivity index (χ0n) is 8.40. The van der Waals surface area contributed by atoms with E-state index in [0.29, 0.717) is 5.56 Å². The van der Waals surface area contributed by atoms with Gasteiger partial charge >= 0.3 is 0 Å². The molecule has 0 radical (unpaired) electrons. The van der Waals surface area contributed by atoms with Gasteiger partial charge in [0.05, 0.1) is 12.2 Å². The summed E-state index contributed by atoms with van der Waals surface area (Å²) in [5, 5.41) is 0. The summed E-state index contributed by atoms with van der Waals surface area (Å²) in [6.07, 6.45) is 2.74. The first-order valence-corrected chi connectivity index (χ1v) is 5.57. The van der Waals surface area contributed by atoms with Gasteiger partial charge in [-0.1, -0.05) is 28.1 Å². The second kappa shape index (κ2) is 4.72. The molecule has 0 saturated carbocycles. The van der Waals surface area contributed by atoms with Gasteiger partial charge in [-0.25, -0.2) is 4.39 Å². The van der Waals surface area contributed by atoms with Crippen molar-refractivity contribution >= 4 is 15.9 Å². The average molecular weight is 281 g/mol. The second-order valence-electron chi connectivity index (χ2n) is 3.47. The monoisotopic (exact) mass is 280 g/mol. The molecule has 0 fully saturated rings. The van der Waals surface area contributed by atoms with E-state index in [1.807, 2.05) is 24.3 Å². The number of benzene rings is 1. The van der Waals surface area contributed by atoms with Crippen molar-refractivity contribution < 1.29 is 4.39 Å². The van der Waals surface area contributed by atoms with Crippen LogP contribution in [-0.2, 0) is 0 Å². The van der Waals surface area contributed by atoms with Crippen molar-refractivity contribution in [3.05, 3.63) is 64.1 Å². The van der Waals surface area contributed by atoms with E-state index in [4.69, 9.17) is 5.73 Å². The highest BCUT2D eigenvalue weighted by Crippen LogP contribution is 2.22. The van der Waals surface area contributed by atoms with Crippen molar-refractivity contribution in [3.8, 4) is 0 Å². The van der Waals surface area contributed by atoms with Crippen molar-refractivity contribution in [2.75, 3.05) is 0 Å². The lowest BCUT2D eigenvalue weighted by Crippen LogP contribution is -2.12. The molecule has 2 N–H and O–H groups in total. The average Bonchev–Trinajstić information content (AvgIpc) is 2.28. The minimum absolute atomic E-state index is 0.360. The number of hydrogen-bond acceptors (Lipinski definition) is 2. The summed E-state index contributed by atoms with van der Waals surface area (Å²) >= 11 is 3.37. The van der Waals surface area contributed by atoms with Gasteiger partial charge in [-0.15, -0.1) is 0 Å². The van der Waals surface area contributed by atoms with Crippen molar-refractivity contribution in [3.63, 3.8) is 0 Å². The SMILES string of the molecule is NC(c1cncc(F)c1)c1cccc(Br)c1. The summed E-state index contributed by atoms with van der Waals surface area (Å²) in [5.41, 5.74) is 7.61. The Morgan fingerprint density at radius 2 is 2.00 bits per heavy atom. The normalized spacial score (nSPS) is 12.4. The van der Waals surface area contributed by atoms with Gasteiger partial charge in [0.1, 0.15) is 5.82 Å². The van der Waals surface area contributed by atoms with Crippen LogP contribution < -0.4 is 5.73 Å². The minimum Gasteiger partial charge on any atom is -0.320 e. The lowest BCUT2D eigenvalue weighted by atomic mass is 10.0. The lowest BCUT2D eigenvalue weighted by Gasteiger charge is -2.12. The second-order valence-corrected chi connectivity index (χ2v) is 4.38. The van der Waals surface area contributed by atoms with Crippen molar-refractivity contribution in [2.45, 2.75) is 6.04 Å². The summed E-state index contributed by atoms with van der Waals surface area (Å²) in [5.74, 6) is -0.372. The predicted molar refractivity (Wildman–Crippen MR) is 64.4 cm³/mol. The number of nitrogens with two attached hydrogens (primary N) is 1. The summed E-state index contributed by atoms with van der Waals surface area (Å²) in [7, 11) is 0. The molecule has 1 unspecified atom stereocenters. The Hall–Kier alpha value is -1.26. The largest absolute Gasteiger partial charge is 0.320 e. The van der Waals surface area contributed by atoms with E-state index in [1.54, 1.807) is 6.20 Å². The zero-order chi connectivity index (χ0) is 11.5. The van der Waals surface area contributed by atoms with Crippen molar-refractivity contribution in [1.29, 1.82) is 0 Å². The summed E-state index contributed by atoms with van der Waals surface area (Å²) < 4.78 is 13.9. The lowest BCUT2D eigenvalue weighted by molar-refractivity contribution is 0.616. The smallest absolute Gasteiger partial charge is 0.141 e. The Balaban J connectivity index is 2.35. The first-order chi connectivity index (χ1) is 7.66. The molecule has 0 aliphatic rings. The fraction of sp³-hybridized carbons (Fsp3) is 0.0833. The molecule has 1 aromatic heterocycles. The highest BCUT2D eigenvalue weighted by Gasteiger charge is 2.10. The van der Waals surface area contributed by atoms with Gasteiger partial charge in [-0.05, 0) is 29.3 Å². The number of nitrogens with zero attached hydrogens (tertiary/aromatic N) is 1. The first kappa shape index (κ1) is 11.2. The molecule has 0 spiro atoms. The van der Waals surface area contributed by atoms with Gasteiger partial charge in [0.2, 0.25) is 0 Å². The van der Waals surface area contributed by atoms with Crippen LogP contribution in [-0.4, -0.2) is 4.98 Å². The van der Waals surface area contributed by atoms with Gasteiger partial charge in [-0.2, -0.15) is 0 Å². The maximum Gasteiger partial charge on any atom is 0.141 e. The number of halogens is 2. The Morgan fingerprint density at radius 3 is 2.69 bits per heavy atom. The molecule has 0 amide bonds. The third-order valence-electron chi connectivity index (χ3n) is 2.29. The van der Waals surface area contributed by atoms with E-state index in [0.717, 1.165) is 16.2 Å². The third-order valence-corrected chi connectivity index (χ3v) is 2.79. The Morgan fingerprint density at radius 1 is 1.19 bits per heavy atom. The maximum absolute atomic E-state index is 13.0. The standard InChI is InChI=1S/C12H10BrFN2/c13-10-3-1-2-8(4-10)12(15)9-5-11(14)7-16-6-9/h1-7,12H,15H2. The van der Waals surface area contributed by atoms with E-state index >= 15 is 0 Å². The highest BCUT2D eigenvalue weighted by molar-refractivity contribution is 9.10. The number of aromatic nitrogens is 1. The van der Waals surface area contributed by atoms with Crippen LogP contribution in [0.5, 0.6) is 0 Å². The van der Waals surface area contributed by atoms with Crippen molar-refractivity contribution in [2.24, 2.45) is 5.73 Å². The number of pyridine rings is 1. The molecule has 4 heteroatoms. The quantitative estimate of drug-likeness (QED) is 0.919. The van der Waals surface area contributed by atoms with Crippen LogP contribution in [0.15, 0.2) is 47.2 Å². The van der Waals surface area contributed by atoms with Crippen LogP contribution in [0, 0.1) is 5.82 Å². The van der Waals surface area contributed by atoms with Crippen LogP contribution in [0.25, 0.3) is 0 Å². The van der Waals surface area contributed by atoms with E-state index in [-0.39, 0.29) is 11.9 Å². The Bertz CT molecular complexity index is 456. The molecule has 0 aliphatic carbocycles. The highest BCUT2D eigenvalue weighted by atomic mass is 79.9. The van der Waals surface area contributed by atoms with Crippen LogP contribution in [0.2, 0.25) is 0 Å². The molecule has 1 aromatic carbocycles. The number of rotatable bonds is 2. The fourth-order valence-corrected chi connectivity index (χ4v) is 1.91. The van der Waals surface area contributed by atoms with E-state index in [1.165, 1.54) is 6.07 Å². The van der Waals surface area contributed by atoms with Gasteiger partial charge < -0.3 is 5.73 Å². The van der Waals surface area contributed by atoms with Crippen molar-refractivity contribution in [1.82, 2.24) is 4.98 Å². The molecule has 0 saturated heterocycles. The van der Waals surface area contributed by atoms with E-state index in [9.17, 15) is 4.39 Å². The fourth-order valence-electron chi connectivity index (χ4n) is 1.49. The van der Waals surface area contributed by atoms with Crippen LogP contribution >= 0.6 is 15.9 Å². The molecule has 2 rings (SSSR count). The van der Waals surface area contributed by atoms with E-state index in [2.05, 4.69) is 20.9 Å². The Kier molecular flexibility index (Phi) is 3.31. The molecular formula is C12H10BrFN2. The molecule has 1 heterocycles. The van der Waals surface area contributed by atoms with Gasteiger partial charge in [0.25, 0.3) is 0 Å².